The zero-order valence-electron chi connectivity index (χ0n) is 9.95. The first kappa shape index (κ1) is 11.8. The van der Waals surface area contributed by atoms with E-state index in [1.165, 1.54) is 11.1 Å². The van der Waals surface area contributed by atoms with E-state index in [1.54, 1.807) is 7.11 Å². The Hall–Kier alpha value is -1.28. The van der Waals surface area contributed by atoms with Gasteiger partial charge in [0.2, 0.25) is 0 Å². The zero-order chi connectivity index (χ0) is 11.3. The number of ether oxygens (including phenoxy) is 1. The maximum Gasteiger partial charge on any atom is 0.118 e. The Morgan fingerprint density at radius 1 is 1.27 bits per heavy atom. The highest BCUT2D eigenvalue weighted by molar-refractivity contribution is 5.64. The maximum atomic E-state index is 5.12. The second-order valence-corrected chi connectivity index (χ2v) is 3.88. The lowest BCUT2D eigenvalue weighted by Gasteiger charge is -2.07. The minimum atomic E-state index is 0.902. The molecule has 0 saturated carbocycles. The molecular weight excluding hydrogens is 186 g/mol. The first-order chi connectivity index (χ1) is 7.13. The van der Waals surface area contributed by atoms with Gasteiger partial charge in [-0.1, -0.05) is 18.2 Å². The molecule has 0 aromatic heterocycles. The van der Waals surface area contributed by atoms with Crippen molar-refractivity contribution in [1.82, 2.24) is 4.90 Å². The molecule has 0 unspecified atom stereocenters. The number of allylic oxidation sites excluding steroid dienone is 1. The summed E-state index contributed by atoms with van der Waals surface area (Å²) in [4.78, 5) is 2.15. The van der Waals surface area contributed by atoms with Crippen LogP contribution in [0.5, 0.6) is 5.75 Å². The van der Waals surface area contributed by atoms with Crippen LogP contribution in [-0.2, 0) is 0 Å². The van der Waals surface area contributed by atoms with Crippen molar-refractivity contribution in [2.24, 2.45) is 0 Å². The number of hydrogen-bond donors (Lipinski definition) is 0. The molecule has 0 aliphatic rings. The number of likely N-dealkylation sites (N-methyl/N-ethyl adjacent to an activating group) is 1. The first-order valence-corrected chi connectivity index (χ1v) is 5.09. The van der Waals surface area contributed by atoms with E-state index in [-0.39, 0.29) is 0 Å². The molecule has 1 rings (SSSR count). The summed E-state index contributed by atoms with van der Waals surface area (Å²) in [6, 6.07) is 8.14. The summed E-state index contributed by atoms with van der Waals surface area (Å²) in [7, 11) is 5.82. The quantitative estimate of drug-likeness (QED) is 0.749. The Balaban J connectivity index is 2.73. The third-order valence-corrected chi connectivity index (χ3v) is 2.31. The van der Waals surface area contributed by atoms with E-state index in [9.17, 15) is 0 Å². The van der Waals surface area contributed by atoms with Crippen LogP contribution in [0.4, 0.5) is 0 Å². The number of hydrogen-bond acceptors (Lipinski definition) is 2. The molecule has 0 atom stereocenters. The Morgan fingerprint density at radius 2 is 1.87 bits per heavy atom. The van der Waals surface area contributed by atoms with Crippen molar-refractivity contribution in [2.45, 2.75) is 6.92 Å². The Morgan fingerprint density at radius 3 is 2.33 bits per heavy atom. The van der Waals surface area contributed by atoms with Crippen molar-refractivity contribution in [3.8, 4) is 5.75 Å². The zero-order valence-corrected chi connectivity index (χ0v) is 9.95. The third kappa shape index (κ3) is 3.76. The molecule has 0 spiro atoms. The average molecular weight is 205 g/mol. The van der Waals surface area contributed by atoms with Crippen LogP contribution in [0.15, 0.2) is 30.3 Å². The van der Waals surface area contributed by atoms with E-state index >= 15 is 0 Å². The van der Waals surface area contributed by atoms with E-state index in [1.807, 2.05) is 12.1 Å². The number of nitrogens with zero attached hydrogens (tertiary/aromatic N) is 1. The summed E-state index contributed by atoms with van der Waals surface area (Å²) in [5, 5.41) is 0. The van der Waals surface area contributed by atoms with Crippen molar-refractivity contribution < 1.29 is 4.74 Å². The molecular formula is C13H19NO. The monoisotopic (exact) mass is 205 g/mol. The van der Waals surface area contributed by atoms with Gasteiger partial charge in [-0.05, 0) is 44.3 Å². The third-order valence-electron chi connectivity index (χ3n) is 2.31. The van der Waals surface area contributed by atoms with Gasteiger partial charge >= 0.3 is 0 Å². The highest BCUT2D eigenvalue weighted by Crippen LogP contribution is 2.17. The van der Waals surface area contributed by atoms with Gasteiger partial charge in [0, 0.05) is 6.54 Å². The van der Waals surface area contributed by atoms with Crippen LogP contribution in [0.1, 0.15) is 12.5 Å². The highest BCUT2D eigenvalue weighted by Gasteiger charge is 1.96. The standard InChI is InChI=1S/C13H19NO/c1-11(9-10-14(2)3)12-5-7-13(15-4)8-6-12/h5-9H,10H2,1-4H3/b11-9+. The van der Waals surface area contributed by atoms with Gasteiger partial charge in [-0.15, -0.1) is 0 Å². The fraction of sp³-hybridized carbons (Fsp3) is 0.385. The molecule has 0 saturated heterocycles. The van der Waals surface area contributed by atoms with Crippen molar-refractivity contribution in [2.75, 3.05) is 27.7 Å². The van der Waals surface area contributed by atoms with Gasteiger partial charge in [-0.2, -0.15) is 0 Å². The predicted octanol–water partition coefficient (Wildman–Crippen LogP) is 2.66. The molecule has 0 aliphatic carbocycles. The molecule has 0 aliphatic heterocycles. The van der Waals surface area contributed by atoms with Gasteiger partial charge < -0.3 is 9.64 Å². The largest absolute Gasteiger partial charge is 0.497 e. The molecule has 0 heterocycles. The number of methoxy groups -OCH3 is 1. The van der Waals surface area contributed by atoms with Crippen LogP contribution in [-0.4, -0.2) is 32.6 Å². The minimum Gasteiger partial charge on any atom is -0.497 e. The molecule has 1 aromatic rings. The second kappa shape index (κ2) is 5.56. The Bertz CT molecular complexity index is 325. The number of benzene rings is 1. The highest BCUT2D eigenvalue weighted by atomic mass is 16.5. The molecule has 0 fully saturated rings. The van der Waals surface area contributed by atoms with Gasteiger partial charge in [0.15, 0.2) is 0 Å². The van der Waals surface area contributed by atoms with E-state index in [2.05, 4.69) is 44.1 Å². The van der Waals surface area contributed by atoms with Crippen LogP contribution in [0, 0.1) is 0 Å². The average Bonchev–Trinajstić information content (AvgIpc) is 2.26. The van der Waals surface area contributed by atoms with Crippen molar-refractivity contribution in [3.63, 3.8) is 0 Å². The summed E-state index contributed by atoms with van der Waals surface area (Å²) in [5.74, 6) is 0.902. The van der Waals surface area contributed by atoms with E-state index in [4.69, 9.17) is 4.74 Å². The summed E-state index contributed by atoms with van der Waals surface area (Å²) >= 11 is 0. The van der Waals surface area contributed by atoms with Crippen molar-refractivity contribution in [1.29, 1.82) is 0 Å². The first-order valence-electron chi connectivity index (χ1n) is 5.09. The summed E-state index contributed by atoms with van der Waals surface area (Å²) in [6.45, 7) is 3.10. The van der Waals surface area contributed by atoms with Gasteiger partial charge in [0.25, 0.3) is 0 Å². The molecule has 82 valence electrons. The molecule has 2 nitrogen and oxygen atoms in total. The van der Waals surface area contributed by atoms with E-state index in [0.29, 0.717) is 0 Å². The summed E-state index contributed by atoms with van der Waals surface area (Å²) < 4.78 is 5.12. The summed E-state index contributed by atoms with van der Waals surface area (Å²) in [6.07, 6.45) is 2.22. The normalized spacial score (nSPS) is 11.9. The van der Waals surface area contributed by atoms with Crippen LogP contribution in [0.3, 0.4) is 0 Å². The topological polar surface area (TPSA) is 12.5 Å². The Kier molecular flexibility index (Phi) is 4.37. The molecule has 1 aromatic carbocycles. The van der Waals surface area contributed by atoms with Crippen molar-refractivity contribution in [3.05, 3.63) is 35.9 Å². The minimum absolute atomic E-state index is 0.902. The van der Waals surface area contributed by atoms with Gasteiger partial charge in [0.05, 0.1) is 7.11 Å². The van der Waals surface area contributed by atoms with E-state index < -0.39 is 0 Å². The van der Waals surface area contributed by atoms with Crippen molar-refractivity contribution >= 4 is 5.57 Å². The van der Waals surface area contributed by atoms with Gasteiger partial charge in [-0.3, -0.25) is 0 Å². The Labute approximate surface area is 92.2 Å². The lowest BCUT2D eigenvalue weighted by Crippen LogP contribution is -2.10. The lowest BCUT2D eigenvalue weighted by molar-refractivity contribution is 0.415. The molecule has 0 N–H and O–H groups in total. The smallest absolute Gasteiger partial charge is 0.118 e. The van der Waals surface area contributed by atoms with E-state index in [0.717, 1.165) is 12.3 Å². The molecule has 2 heteroatoms. The fourth-order valence-corrected chi connectivity index (χ4v) is 1.29. The van der Waals surface area contributed by atoms with Crippen LogP contribution in [0.25, 0.3) is 5.57 Å². The van der Waals surface area contributed by atoms with Crippen LogP contribution in [0.2, 0.25) is 0 Å². The second-order valence-electron chi connectivity index (χ2n) is 3.88. The SMILES string of the molecule is COc1ccc(/C(C)=C/CN(C)C)cc1. The maximum absolute atomic E-state index is 5.12. The lowest BCUT2D eigenvalue weighted by atomic mass is 10.1. The molecule has 0 radical (unpaired) electrons. The van der Waals surface area contributed by atoms with Crippen LogP contribution >= 0.6 is 0 Å². The van der Waals surface area contributed by atoms with Gasteiger partial charge in [-0.25, -0.2) is 0 Å². The fourth-order valence-electron chi connectivity index (χ4n) is 1.29. The molecule has 0 bridgehead atoms. The summed E-state index contributed by atoms with van der Waals surface area (Å²) in [5.41, 5.74) is 2.55. The van der Waals surface area contributed by atoms with Gasteiger partial charge in [0.1, 0.15) is 5.75 Å². The molecule has 15 heavy (non-hydrogen) atoms. The number of rotatable bonds is 4. The predicted molar refractivity (Wildman–Crippen MR) is 65.2 cm³/mol. The molecule has 0 amide bonds. The van der Waals surface area contributed by atoms with Crippen LogP contribution < -0.4 is 4.74 Å².